The maximum absolute atomic E-state index is 12.6. The summed E-state index contributed by atoms with van der Waals surface area (Å²) < 4.78 is 48.4. The van der Waals surface area contributed by atoms with Crippen LogP contribution >= 0.6 is 19.9 Å². The molecule has 13 heteroatoms. The fraction of sp³-hybridized carbons (Fsp3) is 0.219. The maximum atomic E-state index is 12.6. The van der Waals surface area contributed by atoms with Gasteiger partial charge in [0.25, 0.3) is 0 Å². The van der Waals surface area contributed by atoms with Crippen molar-refractivity contribution in [1.29, 1.82) is 0 Å². The summed E-state index contributed by atoms with van der Waals surface area (Å²) in [5.41, 5.74) is 4.25. The highest BCUT2D eigenvalue weighted by molar-refractivity contribution is 7.32. The molecule has 0 spiro atoms. The zero-order valence-electron chi connectivity index (χ0n) is 26.4. The van der Waals surface area contributed by atoms with Gasteiger partial charge in [-0.25, -0.2) is 14.8 Å². The lowest BCUT2D eigenvalue weighted by molar-refractivity contribution is 0.0312. The van der Waals surface area contributed by atoms with Gasteiger partial charge in [0.05, 0.1) is 17.1 Å². The Morgan fingerprint density at radius 3 is 2.78 bits per heavy atom. The van der Waals surface area contributed by atoms with Gasteiger partial charge in [0.1, 0.15) is 36.0 Å². The Hall–Kier alpha value is -4.54. The van der Waals surface area contributed by atoms with Crippen LogP contribution in [0.25, 0.3) is 22.2 Å². The minimum Gasteiger partial charge on any atom is -0.487 e. The van der Waals surface area contributed by atoms with E-state index >= 15 is 0 Å². The molecule has 0 saturated heterocycles. The summed E-state index contributed by atoms with van der Waals surface area (Å²) in [6, 6.07) is 22.3. The van der Waals surface area contributed by atoms with Crippen LogP contribution in [0.2, 0.25) is 5.02 Å². The number of furan rings is 1. The normalized spacial score (nSPS) is 12.3. The Bertz CT molecular complexity index is 1910. The third-order valence-corrected chi connectivity index (χ3v) is 7.10. The van der Waals surface area contributed by atoms with Gasteiger partial charge in [-0.05, 0) is 67.4 Å². The molecule has 0 aliphatic rings. The van der Waals surface area contributed by atoms with Gasteiger partial charge in [-0.15, -0.1) is 4.89 Å². The first-order valence-corrected chi connectivity index (χ1v) is 15.4. The quantitative estimate of drug-likeness (QED) is 0.0948. The zero-order chi connectivity index (χ0) is 33.6. The minimum atomic E-state index is -2.98. The molecule has 2 N–H and O–H groups in total. The highest BCUT2D eigenvalue weighted by Gasteiger charge is 2.20. The molecule has 1 amide bonds. The number of benzene rings is 3. The summed E-state index contributed by atoms with van der Waals surface area (Å²) in [6.07, 6.45) is 0.339. The van der Waals surface area contributed by atoms with E-state index in [1.807, 2.05) is 49.4 Å². The predicted octanol–water partition coefficient (Wildman–Crippen LogP) is 8.15. The average molecular weight is 652 g/mol. The van der Waals surface area contributed by atoms with Gasteiger partial charge >= 0.3 is 14.3 Å². The van der Waals surface area contributed by atoms with E-state index in [0.29, 0.717) is 51.1 Å². The molecule has 1 unspecified atom stereocenters. The van der Waals surface area contributed by atoms with E-state index in [0.717, 1.165) is 16.0 Å². The van der Waals surface area contributed by atoms with Gasteiger partial charge < -0.3 is 24.1 Å². The molecule has 0 aliphatic carbocycles. The number of aryl methyl sites for hydroxylation is 1. The number of carbonyl (C=O) groups excluding carboxylic acids is 1. The first kappa shape index (κ1) is 29.2. The molecule has 1 atom stereocenters. The molecule has 11 nitrogen and oxygen atoms in total. The molecule has 5 rings (SSSR count). The third kappa shape index (κ3) is 8.55. The zero-order valence-corrected chi connectivity index (χ0v) is 26.0. The molecule has 0 saturated carbocycles. The fourth-order valence-electron chi connectivity index (χ4n) is 4.45. The molecular weight excluding hydrogens is 619 g/mol. The standard InChI is InChI=1S/C32H30ClN4O7P/c1-3-13-37(32(38)42-20-43-45(39)40)17-25-9-12-29(44-25)23-7-10-28-26(15-23)31(35-19-34-28)36-24-8-11-30(27(33)16-24)41-18-22-6-4-5-21(2)14-22/h4-12,14-16,19H,3,13,17-18,20H2,1-2H3,(H-,34,35,36,39,40)/p+1/i13D2. The summed E-state index contributed by atoms with van der Waals surface area (Å²) in [5, 5.41) is 4.44. The van der Waals surface area contributed by atoms with E-state index in [1.54, 1.807) is 31.2 Å². The molecule has 5 aromatic rings. The molecule has 232 valence electrons. The maximum Gasteiger partial charge on any atom is 0.698 e. The number of anilines is 2. The van der Waals surface area contributed by atoms with Gasteiger partial charge in [0.15, 0.2) is 0 Å². The van der Waals surface area contributed by atoms with Gasteiger partial charge in [0, 0.05) is 30.4 Å². The van der Waals surface area contributed by atoms with Crippen molar-refractivity contribution in [3.63, 3.8) is 0 Å². The van der Waals surface area contributed by atoms with Crippen molar-refractivity contribution >= 4 is 48.4 Å². The number of amides is 1. The van der Waals surface area contributed by atoms with Crippen molar-refractivity contribution in [3.05, 3.63) is 101 Å². The predicted molar refractivity (Wildman–Crippen MR) is 170 cm³/mol. The molecule has 0 radical (unpaired) electrons. The molecular formula is C32H31ClN4O7P+. The highest BCUT2D eigenvalue weighted by atomic mass is 35.5. The van der Waals surface area contributed by atoms with Crippen molar-refractivity contribution in [3.8, 4) is 17.1 Å². The largest absolute Gasteiger partial charge is 0.698 e. The molecule has 2 aromatic heterocycles. The Labute approximate surface area is 268 Å². The van der Waals surface area contributed by atoms with Crippen molar-refractivity contribution in [2.75, 3.05) is 18.6 Å². The second-order valence-electron chi connectivity index (χ2n) is 9.76. The number of ether oxygens (including phenoxy) is 2. The lowest BCUT2D eigenvalue weighted by Gasteiger charge is -2.19. The number of aromatic nitrogens is 2. The minimum absolute atomic E-state index is 0.0421. The molecule has 3 aromatic carbocycles. The van der Waals surface area contributed by atoms with Crippen LogP contribution in [0.4, 0.5) is 16.3 Å². The molecule has 0 aliphatic heterocycles. The third-order valence-electron chi connectivity index (χ3n) is 6.48. The Kier molecular flexibility index (Phi) is 9.70. The number of rotatable bonds is 13. The van der Waals surface area contributed by atoms with Gasteiger partial charge in [-0.3, -0.25) is 0 Å². The van der Waals surface area contributed by atoms with Crippen LogP contribution in [-0.4, -0.2) is 39.1 Å². The highest BCUT2D eigenvalue weighted by Crippen LogP contribution is 2.33. The van der Waals surface area contributed by atoms with Crippen LogP contribution in [0.3, 0.4) is 0 Å². The second kappa shape index (κ2) is 15.0. The Morgan fingerprint density at radius 1 is 1.13 bits per heavy atom. The van der Waals surface area contributed by atoms with E-state index in [2.05, 4.69) is 25.9 Å². The molecule has 0 fully saturated rings. The average Bonchev–Trinajstić information content (AvgIpc) is 3.52. The van der Waals surface area contributed by atoms with E-state index in [1.165, 1.54) is 6.33 Å². The summed E-state index contributed by atoms with van der Waals surface area (Å²) in [6.45, 7) is 0.817. The van der Waals surface area contributed by atoms with Crippen LogP contribution in [0.1, 0.15) is 33.0 Å². The van der Waals surface area contributed by atoms with E-state index in [9.17, 15) is 9.36 Å². The number of carbonyl (C=O) groups is 1. The number of hydrogen-bond donors (Lipinski definition) is 2. The summed E-state index contributed by atoms with van der Waals surface area (Å²) in [7, 11) is -2.98. The molecule has 2 heterocycles. The van der Waals surface area contributed by atoms with E-state index in [4.69, 9.17) is 33.1 Å². The van der Waals surface area contributed by atoms with Crippen LogP contribution < -0.4 is 10.1 Å². The van der Waals surface area contributed by atoms with Crippen molar-refractivity contribution in [2.45, 2.75) is 33.4 Å². The van der Waals surface area contributed by atoms with Gasteiger partial charge in [0.2, 0.25) is 6.79 Å². The number of nitrogens with zero attached hydrogens (tertiary/aromatic N) is 3. The van der Waals surface area contributed by atoms with E-state index in [-0.39, 0.29) is 18.7 Å². The van der Waals surface area contributed by atoms with Crippen LogP contribution in [0, 0.1) is 6.92 Å². The number of hydrogen-bond acceptors (Lipinski definition) is 9. The first-order chi connectivity index (χ1) is 22.5. The second-order valence-corrected chi connectivity index (χ2v) is 10.9. The number of nitrogens with one attached hydrogen (secondary N) is 1. The van der Waals surface area contributed by atoms with Crippen LogP contribution in [0.5, 0.6) is 5.75 Å². The lowest BCUT2D eigenvalue weighted by Crippen LogP contribution is -2.32. The van der Waals surface area contributed by atoms with Crippen molar-refractivity contribution < 1.29 is 35.4 Å². The summed E-state index contributed by atoms with van der Waals surface area (Å²) in [4.78, 5) is 31.0. The van der Waals surface area contributed by atoms with Crippen molar-refractivity contribution in [2.24, 2.45) is 0 Å². The van der Waals surface area contributed by atoms with Crippen LogP contribution in [-0.2, 0) is 27.0 Å². The smallest absolute Gasteiger partial charge is 0.487 e. The SMILES string of the molecule is [2H]C([2H])(CC)N(Cc1ccc(-c2ccc3ncnc(Nc4ccc(OCc5cccc(C)c5)c(Cl)c4)c3c2)o1)C(=O)OCO[P+](=O)O. The van der Waals surface area contributed by atoms with E-state index < -0.39 is 27.6 Å². The van der Waals surface area contributed by atoms with Gasteiger partial charge in [-0.2, -0.15) is 0 Å². The number of halogens is 1. The fourth-order valence-corrected chi connectivity index (χ4v) is 4.83. The molecule has 0 bridgehead atoms. The monoisotopic (exact) mass is 651 g/mol. The van der Waals surface area contributed by atoms with Crippen LogP contribution in [0.15, 0.2) is 83.5 Å². The van der Waals surface area contributed by atoms with Crippen molar-refractivity contribution in [1.82, 2.24) is 14.9 Å². The number of fused-ring (bicyclic) bond motifs is 1. The topological polar surface area (TPSA) is 136 Å². The lowest BCUT2D eigenvalue weighted by atomic mass is 10.1. The Morgan fingerprint density at radius 2 is 2.00 bits per heavy atom. The Balaban J connectivity index is 1.32. The van der Waals surface area contributed by atoms with Gasteiger partial charge in [-0.1, -0.05) is 52.9 Å². The summed E-state index contributed by atoms with van der Waals surface area (Å²) in [5.74, 6) is 1.83. The summed E-state index contributed by atoms with van der Waals surface area (Å²) >= 11 is 6.56. The first-order valence-electron chi connectivity index (χ1n) is 14.8. The molecule has 45 heavy (non-hydrogen) atoms.